The molecule has 0 saturated heterocycles. The fraction of sp³-hybridized carbons (Fsp3) is 0.0556. The third kappa shape index (κ3) is 3.65. The molecule has 0 fully saturated rings. The molecule has 125 valence electrons. The van der Waals surface area contributed by atoms with Crippen molar-refractivity contribution < 1.29 is 18.0 Å². The Hall–Kier alpha value is -3.22. The maximum Gasteiger partial charge on any atom is 0.227 e. The van der Waals surface area contributed by atoms with Crippen LogP contribution in [0, 0.1) is 17.5 Å². The molecule has 7 heteroatoms. The van der Waals surface area contributed by atoms with Crippen molar-refractivity contribution in [3.63, 3.8) is 0 Å². The summed E-state index contributed by atoms with van der Waals surface area (Å²) >= 11 is 0. The van der Waals surface area contributed by atoms with Crippen LogP contribution < -0.4 is 5.32 Å². The van der Waals surface area contributed by atoms with Gasteiger partial charge in [-0.15, -0.1) is 0 Å². The number of benzene rings is 2. The van der Waals surface area contributed by atoms with E-state index >= 15 is 0 Å². The van der Waals surface area contributed by atoms with E-state index in [0.717, 1.165) is 12.1 Å². The Morgan fingerprint density at radius 1 is 0.960 bits per heavy atom. The minimum atomic E-state index is -1.03. The minimum absolute atomic E-state index is 0.0556. The molecule has 25 heavy (non-hydrogen) atoms. The van der Waals surface area contributed by atoms with E-state index < -0.39 is 23.4 Å². The highest BCUT2D eigenvalue weighted by atomic mass is 19.2. The molecule has 1 heterocycles. The van der Waals surface area contributed by atoms with Crippen LogP contribution in [0.2, 0.25) is 0 Å². The monoisotopic (exact) mass is 342 g/mol. The van der Waals surface area contributed by atoms with Crippen molar-refractivity contribution in [1.29, 1.82) is 0 Å². The number of hydrogen-bond donors (Lipinski definition) is 1. The number of hydrogen-bond acceptors (Lipinski definition) is 4. The van der Waals surface area contributed by atoms with E-state index in [-0.39, 0.29) is 22.9 Å². The summed E-state index contributed by atoms with van der Waals surface area (Å²) in [5.74, 6) is -3.53. The molecule has 1 radical (unpaired) electrons. The Morgan fingerprint density at radius 3 is 2.48 bits per heavy atom. The lowest BCUT2D eigenvalue weighted by Crippen LogP contribution is -2.09. The molecule has 0 amide bonds. The summed E-state index contributed by atoms with van der Waals surface area (Å²) in [7, 11) is 0. The highest BCUT2D eigenvalue weighted by molar-refractivity contribution is 5.68. The summed E-state index contributed by atoms with van der Waals surface area (Å²) in [6, 6.07) is 10.5. The first-order chi connectivity index (χ1) is 12.1. The quantitative estimate of drug-likeness (QED) is 0.765. The molecular formula is C18H11F3N3O. The summed E-state index contributed by atoms with van der Waals surface area (Å²) in [5.41, 5.74) is 0.587. The van der Waals surface area contributed by atoms with Crippen molar-refractivity contribution in [2.24, 2.45) is 0 Å². The average Bonchev–Trinajstić information content (AvgIpc) is 2.61. The van der Waals surface area contributed by atoms with Crippen LogP contribution in [0.15, 0.2) is 54.7 Å². The molecule has 0 aliphatic heterocycles. The first-order valence-corrected chi connectivity index (χ1v) is 7.25. The molecule has 1 unspecified atom stereocenters. The Morgan fingerprint density at radius 2 is 1.76 bits per heavy atom. The van der Waals surface area contributed by atoms with Crippen molar-refractivity contribution in [1.82, 2.24) is 9.97 Å². The lowest BCUT2D eigenvalue weighted by molar-refractivity contribution is 0.509. The summed E-state index contributed by atoms with van der Waals surface area (Å²) in [5, 5.41) is 2.70. The van der Waals surface area contributed by atoms with Gasteiger partial charge in [-0.1, -0.05) is 18.2 Å². The lowest BCUT2D eigenvalue weighted by atomic mass is 9.96. The van der Waals surface area contributed by atoms with E-state index in [1.165, 1.54) is 36.5 Å². The van der Waals surface area contributed by atoms with E-state index in [1.54, 1.807) is 12.4 Å². The van der Waals surface area contributed by atoms with E-state index in [0.29, 0.717) is 0 Å². The van der Waals surface area contributed by atoms with Gasteiger partial charge in [-0.3, -0.25) is 4.79 Å². The van der Waals surface area contributed by atoms with E-state index in [9.17, 15) is 18.0 Å². The van der Waals surface area contributed by atoms with Crippen molar-refractivity contribution in [2.45, 2.75) is 5.92 Å². The summed E-state index contributed by atoms with van der Waals surface area (Å²) in [6.07, 6.45) is 3.14. The summed E-state index contributed by atoms with van der Waals surface area (Å²) in [6.45, 7) is 0. The van der Waals surface area contributed by atoms with Crippen LogP contribution >= 0.6 is 0 Å². The zero-order valence-corrected chi connectivity index (χ0v) is 12.7. The fourth-order valence-electron chi connectivity index (χ4n) is 2.29. The second-order valence-corrected chi connectivity index (χ2v) is 5.13. The zero-order valence-electron chi connectivity index (χ0n) is 12.7. The molecule has 0 spiro atoms. The minimum Gasteiger partial charge on any atom is -0.324 e. The smallest absolute Gasteiger partial charge is 0.227 e. The number of carbonyl (C=O) groups excluding carboxylic acids is 1. The molecule has 0 bridgehead atoms. The van der Waals surface area contributed by atoms with Crippen LogP contribution in [0.5, 0.6) is 0 Å². The standard InChI is InChI=1S/C18H11F3N3O/c19-14-4-2-1-3-12(14)13(10-25)17-7-8-22-18(24-17)23-11-5-6-15(20)16(21)9-11/h1-9,13H,(H,22,23,24). The van der Waals surface area contributed by atoms with Crippen molar-refractivity contribution in [3.05, 3.63) is 83.4 Å². The van der Waals surface area contributed by atoms with Gasteiger partial charge in [0, 0.05) is 23.5 Å². The zero-order chi connectivity index (χ0) is 17.8. The third-order valence-electron chi connectivity index (χ3n) is 3.48. The number of nitrogens with one attached hydrogen (secondary N) is 1. The van der Waals surface area contributed by atoms with Gasteiger partial charge in [0.2, 0.25) is 12.2 Å². The number of rotatable bonds is 5. The Bertz CT molecular complexity index is 918. The largest absolute Gasteiger partial charge is 0.324 e. The molecule has 1 N–H and O–H groups in total. The molecular weight excluding hydrogens is 331 g/mol. The van der Waals surface area contributed by atoms with Gasteiger partial charge in [0.25, 0.3) is 0 Å². The molecule has 0 saturated carbocycles. The van der Waals surface area contributed by atoms with Crippen LogP contribution in [-0.4, -0.2) is 16.3 Å². The first kappa shape index (κ1) is 16.6. The number of halogens is 3. The predicted octanol–water partition coefficient (Wildman–Crippen LogP) is 3.88. The Balaban J connectivity index is 1.91. The maximum absolute atomic E-state index is 13.9. The van der Waals surface area contributed by atoms with Gasteiger partial charge in [0.05, 0.1) is 11.6 Å². The molecule has 1 atom stereocenters. The Kier molecular flexibility index (Phi) is 4.74. The van der Waals surface area contributed by atoms with E-state index in [1.807, 2.05) is 0 Å². The van der Waals surface area contributed by atoms with Crippen LogP contribution in [0.25, 0.3) is 0 Å². The van der Waals surface area contributed by atoms with Crippen LogP contribution in [0.4, 0.5) is 24.8 Å². The van der Waals surface area contributed by atoms with Crippen LogP contribution in [0.3, 0.4) is 0 Å². The second-order valence-electron chi connectivity index (χ2n) is 5.13. The van der Waals surface area contributed by atoms with Gasteiger partial charge in [0.15, 0.2) is 11.6 Å². The molecule has 0 aliphatic carbocycles. The Labute approximate surface area is 141 Å². The maximum atomic E-state index is 13.9. The molecule has 2 aromatic carbocycles. The molecule has 1 aromatic heterocycles. The lowest BCUT2D eigenvalue weighted by Gasteiger charge is -2.12. The topological polar surface area (TPSA) is 54.9 Å². The summed E-state index contributed by atoms with van der Waals surface area (Å²) in [4.78, 5) is 19.4. The SMILES string of the molecule is O=[C]C(c1ccnc(Nc2ccc(F)c(F)c2)n1)c1ccccc1F. The van der Waals surface area contributed by atoms with Gasteiger partial charge in [-0.25, -0.2) is 23.1 Å². The normalized spacial score (nSPS) is 11.8. The van der Waals surface area contributed by atoms with Gasteiger partial charge >= 0.3 is 0 Å². The van der Waals surface area contributed by atoms with Crippen LogP contribution in [0.1, 0.15) is 17.2 Å². The molecule has 4 nitrogen and oxygen atoms in total. The van der Waals surface area contributed by atoms with Gasteiger partial charge in [-0.05, 0) is 24.3 Å². The molecule has 0 aliphatic rings. The third-order valence-corrected chi connectivity index (χ3v) is 3.48. The van der Waals surface area contributed by atoms with Crippen molar-refractivity contribution >= 4 is 17.9 Å². The van der Waals surface area contributed by atoms with Crippen molar-refractivity contribution in [2.75, 3.05) is 5.32 Å². The van der Waals surface area contributed by atoms with E-state index in [2.05, 4.69) is 15.3 Å². The summed E-state index contributed by atoms with van der Waals surface area (Å²) < 4.78 is 40.2. The number of aromatic nitrogens is 2. The van der Waals surface area contributed by atoms with E-state index in [4.69, 9.17) is 0 Å². The van der Waals surface area contributed by atoms with Gasteiger partial charge < -0.3 is 5.32 Å². The molecule has 3 rings (SSSR count). The van der Waals surface area contributed by atoms with Gasteiger partial charge in [0.1, 0.15) is 5.82 Å². The predicted molar refractivity (Wildman–Crippen MR) is 85.6 cm³/mol. The average molecular weight is 342 g/mol. The fourth-order valence-corrected chi connectivity index (χ4v) is 2.29. The highest BCUT2D eigenvalue weighted by Gasteiger charge is 2.20. The van der Waals surface area contributed by atoms with Gasteiger partial charge in [-0.2, -0.15) is 0 Å². The second kappa shape index (κ2) is 7.12. The number of anilines is 2. The van der Waals surface area contributed by atoms with Crippen molar-refractivity contribution in [3.8, 4) is 0 Å². The first-order valence-electron chi connectivity index (χ1n) is 7.25. The number of nitrogens with zero attached hydrogens (tertiary/aromatic N) is 2. The molecule has 3 aromatic rings. The van der Waals surface area contributed by atoms with Crippen LogP contribution in [-0.2, 0) is 4.79 Å². The highest BCUT2D eigenvalue weighted by Crippen LogP contribution is 2.25.